The van der Waals surface area contributed by atoms with Gasteiger partial charge in [0.2, 0.25) is 5.91 Å². The number of carboxylic acid groups (broad SMARTS) is 1. The molecule has 0 aliphatic heterocycles. The SMILES string of the molecule is COCCNC(=O)CS(=O)(=O)c1ccc(Cl)c(C(=O)O)c1. The molecule has 7 nitrogen and oxygen atoms in total. The Labute approximate surface area is 126 Å². The van der Waals surface area contributed by atoms with Crippen molar-refractivity contribution < 1.29 is 27.9 Å². The number of hydrogen-bond acceptors (Lipinski definition) is 5. The molecule has 2 N–H and O–H groups in total. The molecule has 0 saturated carbocycles. The van der Waals surface area contributed by atoms with Gasteiger partial charge in [0.05, 0.1) is 22.1 Å². The molecule has 1 aromatic carbocycles. The van der Waals surface area contributed by atoms with Crippen LogP contribution < -0.4 is 5.32 Å². The molecule has 0 saturated heterocycles. The molecule has 0 bridgehead atoms. The lowest BCUT2D eigenvalue weighted by atomic mass is 10.2. The van der Waals surface area contributed by atoms with Gasteiger partial charge < -0.3 is 15.2 Å². The first-order chi connectivity index (χ1) is 9.77. The highest BCUT2D eigenvalue weighted by molar-refractivity contribution is 7.92. The fourth-order valence-corrected chi connectivity index (χ4v) is 2.85. The molecule has 0 aliphatic carbocycles. The third-order valence-electron chi connectivity index (χ3n) is 2.48. The monoisotopic (exact) mass is 335 g/mol. The van der Waals surface area contributed by atoms with E-state index in [1.165, 1.54) is 13.2 Å². The molecular formula is C12H14ClNO6S. The summed E-state index contributed by atoms with van der Waals surface area (Å²) in [5, 5.41) is 11.2. The van der Waals surface area contributed by atoms with E-state index < -0.39 is 27.5 Å². The van der Waals surface area contributed by atoms with Gasteiger partial charge in [-0.05, 0) is 18.2 Å². The lowest BCUT2D eigenvalue weighted by molar-refractivity contribution is -0.118. The molecule has 0 fully saturated rings. The van der Waals surface area contributed by atoms with Gasteiger partial charge in [-0.1, -0.05) is 11.6 Å². The Bertz CT molecular complexity index is 643. The first-order valence-corrected chi connectivity index (χ1v) is 7.82. The van der Waals surface area contributed by atoms with Crippen LogP contribution >= 0.6 is 11.6 Å². The molecule has 1 rings (SSSR count). The van der Waals surface area contributed by atoms with Gasteiger partial charge in [-0.2, -0.15) is 0 Å². The number of rotatable bonds is 7. The van der Waals surface area contributed by atoms with E-state index in [0.29, 0.717) is 0 Å². The highest BCUT2D eigenvalue weighted by atomic mass is 35.5. The van der Waals surface area contributed by atoms with Crippen LogP contribution in [0.25, 0.3) is 0 Å². The third-order valence-corrected chi connectivity index (χ3v) is 4.42. The van der Waals surface area contributed by atoms with Crippen molar-refractivity contribution in [2.75, 3.05) is 26.0 Å². The van der Waals surface area contributed by atoms with Crippen LogP contribution in [0.3, 0.4) is 0 Å². The van der Waals surface area contributed by atoms with Gasteiger partial charge in [0, 0.05) is 13.7 Å². The average molecular weight is 336 g/mol. The van der Waals surface area contributed by atoms with E-state index in [1.54, 1.807) is 0 Å². The van der Waals surface area contributed by atoms with Crippen molar-refractivity contribution in [3.63, 3.8) is 0 Å². The average Bonchev–Trinajstić information content (AvgIpc) is 2.38. The minimum absolute atomic E-state index is 0.0778. The van der Waals surface area contributed by atoms with E-state index in [-0.39, 0.29) is 28.6 Å². The summed E-state index contributed by atoms with van der Waals surface area (Å²) in [6.45, 7) is 0.446. The van der Waals surface area contributed by atoms with E-state index in [4.69, 9.17) is 21.4 Å². The van der Waals surface area contributed by atoms with Crippen molar-refractivity contribution in [2.24, 2.45) is 0 Å². The number of nitrogens with one attached hydrogen (secondary N) is 1. The Kier molecular flexibility index (Phi) is 6.13. The zero-order chi connectivity index (χ0) is 16.0. The lowest BCUT2D eigenvalue weighted by Gasteiger charge is -2.07. The zero-order valence-corrected chi connectivity index (χ0v) is 12.7. The maximum absolute atomic E-state index is 12.0. The summed E-state index contributed by atoms with van der Waals surface area (Å²) >= 11 is 5.66. The molecular weight excluding hydrogens is 322 g/mol. The number of benzene rings is 1. The van der Waals surface area contributed by atoms with Crippen LogP contribution in [0, 0.1) is 0 Å². The van der Waals surface area contributed by atoms with Gasteiger partial charge >= 0.3 is 5.97 Å². The maximum Gasteiger partial charge on any atom is 0.337 e. The fourth-order valence-electron chi connectivity index (χ4n) is 1.46. The molecule has 21 heavy (non-hydrogen) atoms. The number of halogens is 1. The smallest absolute Gasteiger partial charge is 0.337 e. The Morgan fingerprint density at radius 3 is 2.62 bits per heavy atom. The third kappa shape index (κ3) is 5.00. The van der Waals surface area contributed by atoms with Crippen LogP contribution in [0.4, 0.5) is 0 Å². The number of carboxylic acids is 1. The van der Waals surface area contributed by atoms with Gasteiger partial charge in [0.25, 0.3) is 0 Å². The van der Waals surface area contributed by atoms with Crippen LogP contribution in [0.15, 0.2) is 23.1 Å². The van der Waals surface area contributed by atoms with Crippen LogP contribution in [0.2, 0.25) is 5.02 Å². The van der Waals surface area contributed by atoms with Gasteiger partial charge in [-0.3, -0.25) is 4.79 Å². The molecule has 0 unspecified atom stereocenters. The van der Waals surface area contributed by atoms with E-state index >= 15 is 0 Å². The molecule has 0 atom stereocenters. The lowest BCUT2D eigenvalue weighted by Crippen LogP contribution is -2.32. The van der Waals surface area contributed by atoms with E-state index in [0.717, 1.165) is 12.1 Å². The second-order valence-corrected chi connectivity index (χ2v) is 6.45. The Hall–Kier alpha value is -1.64. The van der Waals surface area contributed by atoms with Crippen LogP contribution in [0.5, 0.6) is 0 Å². The topological polar surface area (TPSA) is 110 Å². The fraction of sp³-hybridized carbons (Fsp3) is 0.333. The van der Waals surface area contributed by atoms with Crippen molar-refractivity contribution in [2.45, 2.75) is 4.90 Å². The molecule has 0 radical (unpaired) electrons. The van der Waals surface area contributed by atoms with Crippen LogP contribution in [-0.4, -0.2) is 51.4 Å². The van der Waals surface area contributed by atoms with E-state index in [9.17, 15) is 18.0 Å². The van der Waals surface area contributed by atoms with Gasteiger partial charge in [-0.15, -0.1) is 0 Å². The summed E-state index contributed by atoms with van der Waals surface area (Å²) < 4.78 is 28.8. The largest absolute Gasteiger partial charge is 0.478 e. The second-order valence-electron chi connectivity index (χ2n) is 4.05. The van der Waals surface area contributed by atoms with Gasteiger partial charge in [0.15, 0.2) is 9.84 Å². The number of amides is 1. The predicted molar refractivity (Wildman–Crippen MR) is 75.3 cm³/mol. The van der Waals surface area contributed by atoms with Crippen LogP contribution in [0.1, 0.15) is 10.4 Å². The van der Waals surface area contributed by atoms with Gasteiger partial charge in [0.1, 0.15) is 5.75 Å². The van der Waals surface area contributed by atoms with E-state index in [1.807, 2.05) is 0 Å². The van der Waals surface area contributed by atoms with Crippen molar-refractivity contribution in [1.29, 1.82) is 0 Å². The minimum atomic E-state index is -3.94. The summed E-state index contributed by atoms with van der Waals surface area (Å²) in [6, 6.07) is 3.26. The molecule has 0 heterocycles. The van der Waals surface area contributed by atoms with Crippen molar-refractivity contribution in [3.8, 4) is 0 Å². The number of carbonyl (C=O) groups is 2. The predicted octanol–water partition coefficient (Wildman–Crippen LogP) is 0.575. The second kappa shape index (κ2) is 7.39. The number of methoxy groups -OCH3 is 1. The highest BCUT2D eigenvalue weighted by Gasteiger charge is 2.21. The van der Waals surface area contributed by atoms with Crippen molar-refractivity contribution in [1.82, 2.24) is 5.32 Å². The number of aromatic carboxylic acids is 1. The quantitative estimate of drug-likeness (QED) is 0.705. The summed E-state index contributed by atoms with van der Waals surface area (Å²) in [6.07, 6.45) is 0. The van der Waals surface area contributed by atoms with Crippen LogP contribution in [-0.2, 0) is 19.4 Å². The standard InChI is InChI=1S/C12H14ClNO6S/c1-20-5-4-14-11(15)7-21(18,19)8-2-3-10(13)9(6-8)12(16)17/h2-3,6H,4-5,7H2,1H3,(H,14,15)(H,16,17). The zero-order valence-electron chi connectivity index (χ0n) is 11.1. The first-order valence-electron chi connectivity index (χ1n) is 5.79. The highest BCUT2D eigenvalue weighted by Crippen LogP contribution is 2.21. The number of hydrogen-bond donors (Lipinski definition) is 2. The molecule has 0 spiro atoms. The number of sulfone groups is 1. The summed E-state index contributed by atoms with van der Waals surface area (Å²) in [5.41, 5.74) is -0.336. The number of carbonyl (C=O) groups excluding carboxylic acids is 1. The molecule has 0 aliphatic rings. The first kappa shape index (κ1) is 17.4. The maximum atomic E-state index is 12.0. The molecule has 1 amide bonds. The summed E-state index contributed by atoms with van der Waals surface area (Å²) in [4.78, 5) is 22.2. The molecule has 9 heteroatoms. The van der Waals surface area contributed by atoms with Gasteiger partial charge in [-0.25, -0.2) is 13.2 Å². The van der Waals surface area contributed by atoms with Crippen molar-refractivity contribution in [3.05, 3.63) is 28.8 Å². The molecule has 116 valence electrons. The summed E-state index contributed by atoms with van der Waals surface area (Å²) in [5.74, 6) is -2.82. The Balaban J connectivity index is 2.90. The van der Waals surface area contributed by atoms with Crippen molar-refractivity contribution >= 4 is 33.3 Å². The minimum Gasteiger partial charge on any atom is -0.478 e. The summed E-state index contributed by atoms with van der Waals surface area (Å²) in [7, 11) is -2.50. The molecule has 1 aromatic rings. The Morgan fingerprint density at radius 2 is 2.05 bits per heavy atom. The normalized spacial score (nSPS) is 11.1. The molecule has 0 aromatic heterocycles. The Morgan fingerprint density at radius 1 is 1.38 bits per heavy atom. The number of ether oxygens (including phenoxy) is 1. The van der Waals surface area contributed by atoms with E-state index in [2.05, 4.69) is 5.32 Å².